The first kappa shape index (κ1) is 21.3. The second-order valence-electron chi connectivity index (χ2n) is 7.20. The summed E-state index contributed by atoms with van der Waals surface area (Å²) in [5.41, 5.74) is 0.0145. The van der Waals surface area contributed by atoms with Crippen LogP contribution in [0.1, 0.15) is 30.1 Å². The molecule has 0 bridgehead atoms. The van der Waals surface area contributed by atoms with Gasteiger partial charge in [-0.15, -0.1) is 0 Å². The van der Waals surface area contributed by atoms with Crippen molar-refractivity contribution in [3.05, 3.63) is 54.6 Å². The van der Waals surface area contributed by atoms with Crippen LogP contribution in [0.4, 0.5) is 17.6 Å². The maximum Gasteiger partial charge on any atom is 0.338 e. The Morgan fingerprint density at radius 2 is 1.97 bits per heavy atom. The van der Waals surface area contributed by atoms with Crippen LogP contribution >= 0.6 is 0 Å². The zero-order chi connectivity index (χ0) is 22.3. The number of rotatable bonds is 8. The van der Waals surface area contributed by atoms with Crippen molar-refractivity contribution in [2.75, 3.05) is 29.9 Å². The number of carboxylic acid groups (broad SMARTS) is 1. The van der Waals surface area contributed by atoms with E-state index in [2.05, 4.69) is 30.2 Å². The van der Waals surface area contributed by atoms with E-state index in [4.69, 9.17) is 14.6 Å². The van der Waals surface area contributed by atoms with Gasteiger partial charge in [-0.05, 0) is 31.9 Å². The van der Waals surface area contributed by atoms with Crippen LogP contribution in [0.15, 0.2) is 49.1 Å². The van der Waals surface area contributed by atoms with E-state index in [9.17, 15) is 4.79 Å². The van der Waals surface area contributed by atoms with Crippen molar-refractivity contribution in [3.8, 4) is 11.5 Å². The van der Waals surface area contributed by atoms with Crippen molar-refractivity contribution < 1.29 is 19.4 Å². The van der Waals surface area contributed by atoms with Gasteiger partial charge in [-0.1, -0.05) is 12.1 Å². The Morgan fingerprint density at radius 1 is 1.19 bits per heavy atom. The fourth-order valence-electron chi connectivity index (χ4n) is 3.43. The molecule has 0 saturated carbocycles. The number of para-hydroxylation sites is 2. The molecule has 32 heavy (non-hydrogen) atoms. The molecule has 0 radical (unpaired) electrons. The second kappa shape index (κ2) is 9.90. The Morgan fingerprint density at radius 3 is 2.72 bits per heavy atom. The molecule has 2 N–H and O–H groups in total. The van der Waals surface area contributed by atoms with E-state index in [1.54, 1.807) is 12.4 Å². The molecule has 10 nitrogen and oxygen atoms in total. The molecule has 2 aromatic heterocycles. The van der Waals surface area contributed by atoms with Crippen LogP contribution in [-0.4, -0.2) is 56.8 Å². The fraction of sp³-hybridized carbons (Fsp3) is 0.318. The zero-order valence-electron chi connectivity index (χ0n) is 17.6. The molecule has 166 valence electrons. The summed E-state index contributed by atoms with van der Waals surface area (Å²) in [6, 6.07) is 7.69. The molecule has 3 heterocycles. The quantitative estimate of drug-likeness (QED) is 0.544. The molecule has 3 aromatic rings. The molecule has 10 heteroatoms. The van der Waals surface area contributed by atoms with Crippen LogP contribution in [0.2, 0.25) is 0 Å². The Balaban J connectivity index is 1.43. The van der Waals surface area contributed by atoms with Gasteiger partial charge >= 0.3 is 5.97 Å². The highest BCUT2D eigenvalue weighted by atomic mass is 16.5. The van der Waals surface area contributed by atoms with Gasteiger partial charge in [0.25, 0.3) is 0 Å². The molecule has 0 spiro atoms. The molecule has 4 rings (SSSR count). The molecule has 1 aliphatic rings. The smallest absolute Gasteiger partial charge is 0.338 e. The number of nitrogens with one attached hydrogen (secondary N) is 1. The number of aromatic carboxylic acids is 1. The van der Waals surface area contributed by atoms with Crippen molar-refractivity contribution in [2.45, 2.75) is 25.9 Å². The van der Waals surface area contributed by atoms with Gasteiger partial charge in [0.15, 0.2) is 17.3 Å². The summed E-state index contributed by atoms with van der Waals surface area (Å²) in [5.74, 6) is 1.83. The second-order valence-corrected chi connectivity index (χ2v) is 7.20. The number of aromatic nitrogens is 4. The van der Waals surface area contributed by atoms with Crippen molar-refractivity contribution in [1.82, 2.24) is 19.9 Å². The predicted molar refractivity (Wildman–Crippen MR) is 118 cm³/mol. The van der Waals surface area contributed by atoms with E-state index in [1.807, 2.05) is 31.2 Å². The van der Waals surface area contributed by atoms with Gasteiger partial charge in [-0.25, -0.2) is 19.7 Å². The van der Waals surface area contributed by atoms with Crippen LogP contribution < -0.4 is 19.7 Å². The molecular weight excluding hydrogens is 412 g/mol. The summed E-state index contributed by atoms with van der Waals surface area (Å²) in [6.45, 7) is 4.04. The largest absolute Gasteiger partial charge is 0.490 e. The van der Waals surface area contributed by atoms with Crippen LogP contribution in [0.5, 0.6) is 11.5 Å². The maximum atomic E-state index is 10.9. The van der Waals surface area contributed by atoms with Gasteiger partial charge in [0.1, 0.15) is 11.9 Å². The van der Waals surface area contributed by atoms with E-state index in [1.165, 1.54) is 12.4 Å². The summed E-state index contributed by atoms with van der Waals surface area (Å²) in [7, 11) is 0. The topological polar surface area (TPSA) is 123 Å². The van der Waals surface area contributed by atoms with E-state index < -0.39 is 5.97 Å². The molecule has 1 aliphatic heterocycles. The first-order valence-electron chi connectivity index (χ1n) is 10.4. The third-order valence-electron chi connectivity index (χ3n) is 4.91. The molecule has 0 aliphatic carbocycles. The highest BCUT2D eigenvalue weighted by Crippen LogP contribution is 2.30. The lowest BCUT2D eigenvalue weighted by atomic mass is 10.1. The van der Waals surface area contributed by atoms with Gasteiger partial charge in [-0.3, -0.25) is 4.98 Å². The summed E-state index contributed by atoms with van der Waals surface area (Å²) < 4.78 is 11.9. The minimum absolute atomic E-state index is 0.00401. The predicted octanol–water partition coefficient (Wildman–Crippen LogP) is 3.15. The van der Waals surface area contributed by atoms with Crippen molar-refractivity contribution in [1.29, 1.82) is 0 Å². The lowest BCUT2D eigenvalue weighted by molar-refractivity contribution is 0.0696. The van der Waals surface area contributed by atoms with Crippen molar-refractivity contribution >= 4 is 23.6 Å². The number of ether oxygens (including phenoxy) is 2. The molecule has 1 atom stereocenters. The maximum absolute atomic E-state index is 10.9. The molecular formula is C22H24N6O4. The van der Waals surface area contributed by atoms with Gasteiger partial charge in [-0.2, -0.15) is 0 Å². The number of piperidine rings is 1. The number of nitrogens with zero attached hydrogens (tertiary/aromatic N) is 5. The van der Waals surface area contributed by atoms with E-state index in [-0.39, 0.29) is 17.6 Å². The lowest BCUT2D eigenvalue weighted by Gasteiger charge is -2.33. The molecule has 1 aromatic carbocycles. The fourth-order valence-corrected chi connectivity index (χ4v) is 3.43. The lowest BCUT2D eigenvalue weighted by Crippen LogP contribution is -2.41. The van der Waals surface area contributed by atoms with E-state index in [0.29, 0.717) is 24.8 Å². The third-order valence-corrected chi connectivity index (χ3v) is 4.91. The SMILES string of the molecule is CCOc1ccccc1O[C@@H]1CCCN(c2cncc(Nc3ncc(C(=O)O)cn3)n2)C1. The van der Waals surface area contributed by atoms with Gasteiger partial charge in [0.2, 0.25) is 5.95 Å². The van der Waals surface area contributed by atoms with Gasteiger partial charge < -0.3 is 24.8 Å². The molecule has 1 saturated heterocycles. The number of hydrogen-bond acceptors (Lipinski definition) is 9. The van der Waals surface area contributed by atoms with Crippen molar-refractivity contribution in [2.24, 2.45) is 0 Å². The highest BCUT2D eigenvalue weighted by molar-refractivity contribution is 5.86. The average molecular weight is 436 g/mol. The normalized spacial score (nSPS) is 15.8. The van der Waals surface area contributed by atoms with E-state index >= 15 is 0 Å². The Bertz CT molecular complexity index is 1060. The number of hydrogen-bond donors (Lipinski definition) is 2. The van der Waals surface area contributed by atoms with Gasteiger partial charge in [0.05, 0.1) is 31.1 Å². The average Bonchev–Trinajstić information content (AvgIpc) is 2.81. The number of carbonyl (C=O) groups is 1. The zero-order valence-corrected chi connectivity index (χ0v) is 17.6. The standard InChI is InChI=1S/C22H24N6O4/c1-2-31-17-7-3-4-8-18(17)32-16-6-5-9-28(14-16)20-13-23-12-19(26-20)27-22-24-10-15(11-25-22)21(29)30/h3-4,7-8,10-13,16H,2,5-6,9,14H2,1H3,(H,29,30)(H,24,25,26,27)/t16-/m1/s1. The highest BCUT2D eigenvalue weighted by Gasteiger charge is 2.24. The van der Waals surface area contributed by atoms with Crippen molar-refractivity contribution in [3.63, 3.8) is 0 Å². The first-order chi connectivity index (χ1) is 15.6. The Kier molecular flexibility index (Phi) is 6.59. The summed E-state index contributed by atoms with van der Waals surface area (Å²) in [6.07, 6.45) is 7.64. The summed E-state index contributed by atoms with van der Waals surface area (Å²) >= 11 is 0. The third kappa shape index (κ3) is 5.20. The van der Waals surface area contributed by atoms with Gasteiger partial charge in [0, 0.05) is 18.9 Å². The minimum Gasteiger partial charge on any atom is -0.490 e. The summed E-state index contributed by atoms with van der Waals surface area (Å²) in [4.78, 5) is 30.0. The number of benzene rings is 1. The van der Waals surface area contributed by atoms with E-state index in [0.717, 1.165) is 30.9 Å². The molecule has 1 fully saturated rings. The van der Waals surface area contributed by atoms with Crippen LogP contribution in [0, 0.1) is 0 Å². The Labute approximate surface area is 185 Å². The number of carboxylic acids is 1. The number of anilines is 3. The monoisotopic (exact) mass is 436 g/mol. The first-order valence-corrected chi connectivity index (χ1v) is 10.4. The van der Waals surface area contributed by atoms with Crippen LogP contribution in [-0.2, 0) is 0 Å². The summed E-state index contributed by atoms with van der Waals surface area (Å²) in [5, 5.41) is 11.9. The van der Waals surface area contributed by atoms with Crippen LogP contribution in [0.25, 0.3) is 0 Å². The molecule has 0 unspecified atom stereocenters. The van der Waals surface area contributed by atoms with Crippen LogP contribution in [0.3, 0.4) is 0 Å². The minimum atomic E-state index is -1.08. The Hall–Kier alpha value is -3.95. The molecule has 0 amide bonds.